The number of rotatable bonds is 6. The first kappa shape index (κ1) is 14.5. The Hall–Kier alpha value is -1.55. The SMILES string of the molecule is COc1ccc(C(=O)CC(N)C(C)C)cc1OC. The Morgan fingerprint density at radius 2 is 1.83 bits per heavy atom. The van der Waals surface area contributed by atoms with Crippen molar-refractivity contribution in [3.8, 4) is 11.5 Å². The maximum atomic E-state index is 12.1. The van der Waals surface area contributed by atoms with Crippen molar-refractivity contribution in [2.75, 3.05) is 14.2 Å². The summed E-state index contributed by atoms with van der Waals surface area (Å²) in [7, 11) is 3.11. The van der Waals surface area contributed by atoms with Crippen molar-refractivity contribution in [2.45, 2.75) is 26.3 Å². The number of ketones is 1. The second-order valence-corrected chi connectivity index (χ2v) is 4.60. The Bertz CT molecular complexity index is 416. The number of Topliss-reactive ketones (excluding diaryl/α,β-unsaturated/α-hetero) is 1. The molecule has 0 saturated heterocycles. The van der Waals surface area contributed by atoms with Crippen LogP contribution in [0.25, 0.3) is 0 Å². The van der Waals surface area contributed by atoms with Gasteiger partial charge in [-0.15, -0.1) is 0 Å². The second-order valence-electron chi connectivity index (χ2n) is 4.60. The van der Waals surface area contributed by atoms with Gasteiger partial charge in [-0.3, -0.25) is 4.79 Å². The number of hydrogen-bond acceptors (Lipinski definition) is 4. The van der Waals surface area contributed by atoms with Crippen LogP contribution in [-0.2, 0) is 0 Å². The van der Waals surface area contributed by atoms with E-state index in [4.69, 9.17) is 15.2 Å². The van der Waals surface area contributed by atoms with Gasteiger partial charge in [0.15, 0.2) is 17.3 Å². The van der Waals surface area contributed by atoms with Gasteiger partial charge in [0.1, 0.15) is 0 Å². The first-order valence-electron chi connectivity index (χ1n) is 6.00. The highest BCUT2D eigenvalue weighted by Crippen LogP contribution is 2.28. The van der Waals surface area contributed by atoms with E-state index in [1.54, 1.807) is 32.4 Å². The lowest BCUT2D eigenvalue weighted by Gasteiger charge is -2.15. The van der Waals surface area contributed by atoms with Crippen molar-refractivity contribution in [2.24, 2.45) is 11.7 Å². The van der Waals surface area contributed by atoms with Gasteiger partial charge in [-0.05, 0) is 24.1 Å². The Kier molecular flexibility index (Phi) is 5.16. The summed E-state index contributed by atoms with van der Waals surface area (Å²) in [5.74, 6) is 1.48. The molecule has 0 aliphatic carbocycles. The molecule has 100 valence electrons. The zero-order valence-electron chi connectivity index (χ0n) is 11.4. The molecule has 18 heavy (non-hydrogen) atoms. The predicted molar refractivity (Wildman–Crippen MR) is 71.3 cm³/mol. The Morgan fingerprint density at radius 1 is 1.22 bits per heavy atom. The van der Waals surface area contributed by atoms with Crippen LogP contribution in [-0.4, -0.2) is 26.0 Å². The van der Waals surface area contributed by atoms with E-state index >= 15 is 0 Å². The number of ether oxygens (including phenoxy) is 2. The topological polar surface area (TPSA) is 61.5 Å². The minimum Gasteiger partial charge on any atom is -0.493 e. The first-order chi connectivity index (χ1) is 8.49. The summed E-state index contributed by atoms with van der Waals surface area (Å²) < 4.78 is 10.3. The van der Waals surface area contributed by atoms with E-state index in [-0.39, 0.29) is 17.7 Å². The molecule has 1 rings (SSSR count). The van der Waals surface area contributed by atoms with E-state index < -0.39 is 0 Å². The van der Waals surface area contributed by atoms with Gasteiger partial charge >= 0.3 is 0 Å². The minimum absolute atomic E-state index is 0.0251. The highest BCUT2D eigenvalue weighted by atomic mass is 16.5. The van der Waals surface area contributed by atoms with Crippen molar-refractivity contribution >= 4 is 5.78 Å². The van der Waals surface area contributed by atoms with E-state index in [2.05, 4.69) is 0 Å². The van der Waals surface area contributed by atoms with Crippen LogP contribution < -0.4 is 15.2 Å². The number of methoxy groups -OCH3 is 2. The largest absolute Gasteiger partial charge is 0.493 e. The molecule has 2 N–H and O–H groups in total. The number of benzene rings is 1. The Labute approximate surface area is 108 Å². The molecule has 1 unspecified atom stereocenters. The fourth-order valence-electron chi connectivity index (χ4n) is 1.58. The minimum atomic E-state index is -0.120. The van der Waals surface area contributed by atoms with Crippen LogP contribution in [0.2, 0.25) is 0 Å². The molecular formula is C14H21NO3. The van der Waals surface area contributed by atoms with Crippen LogP contribution in [0.4, 0.5) is 0 Å². The normalized spacial score (nSPS) is 12.3. The highest BCUT2D eigenvalue weighted by molar-refractivity contribution is 5.97. The lowest BCUT2D eigenvalue weighted by atomic mass is 9.96. The molecule has 0 fully saturated rings. The first-order valence-corrected chi connectivity index (χ1v) is 6.00. The van der Waals surface area contributed by atoms with Gasteiger partial charge in [0.05, 0.1) is 14.2 Å². The van der Waals surface area contributed by atoms with E-state index in [1.807, 2.05) is 13.8 Å². The van der Waals surface area contributed by atoms with Gasteiger partial charge in [-0.1, -0.05) is 13.8 Å². The smallest absolute Gasteiger partial charge is 0.164 e. The third-order valence-corrected chi connectivity index (χ3v) is 2.98. The fourth-order valence-corrected chi connectivity index (χ4v) is 1.58. The predicted octanol–water partition coefficient (Wildman–Crippen LogP) is 2.26. The van der Waals surface area contributed by atoms with Crippen molar-refractivity contribution in [3.63, 3.8) is 0 Å². The van der Waals surface area contributed by atoms with Gasteiger partial charge in [0.25, 0.3) is 0 Å². The van der Waals surface area contributed by atoms with Crippen molar-refractivity contribution in [1.29, 1.82) is 0 Å². The van der Waals surface area contributed by atoms with E-state index in [9.17, 15) is 4.79 Å². The summed E-state index contributed by atoms with van der Waals surface area (Å²) in [6, 6.07) is 5.03. The number of carbonyl (C=O) groups is 1. The van der Waals surface area contributed by atoms with Crippen LogP contribution in [0.1, 0.15) is 30.6 Å². The summed E-state index contributed by atoms with van der Waals surface area (Å²) in [4.78, 5) is 12.1. The molecule has 1 aromatic rings. The zero-order valence-corrected chi connectivity index (χ0v) is 11.4. The van der Waals surface area contributed by atoms with E-state index in [0.29, 0.717) is 23.5 Å². The molecule has 4 heteroatoms. The van der Waals surface area contributed by atoms with Gasteiger partial charge in [0.2, 0.25) is 0 Å². The van der Waals surface area contributed by atoms with Crippen LogP contribution >= 0.6 is 0 Å². The maximum absolute atomic E-state index is 12.1. The summed E-state index contributed by atoms with van der Waals surface area (Å²) in [5, 5.41) is 0. The summed E-state index contributed by atoms with van der Waals surface area (Å²) in [6.45, 7) is 4.01. The molecule has 1 atom stereocenters. The van der Waals surface area contributed by atoms with Gasteiger partial charge in [-0.25, -0.2) is 0 Å². The molecule has 0 amide bonds. The van der Waals surface area contributed by atoms with Crippen LogP contribution in [0.3, 0.4) is 0 Å². The molecule has 4 nitrogen and oxygen atoms in total. The highest BCUT2D eigenvalue weighted by Gasteiger charge is 2.16. The molecule has 0 saturated carbocycles. The lowest BCUT2D eigenvalue weighted by Crippen LogP contribution is -2.29. The monoisotopic (exact) mass is 251 g/mol. The average molecular weight is 251 g/mol. The van der Waals surface area contributed by atoms with Crippen molar-refractivity contribution < 1.29 is 14.3 Å². The summed E-state index contributed by atoms with van der Waals surface area (Å²) in [5.41, 5.74) is 6.51. The summed E-state index contributed by atoms with van der Waals surface area (Å²) in [6.07, 6.45) is 0.340. The summed E-state index contributed by atoms with van der Waals surface area (Å²) >= 11 is 0. The van der Waals surface area contributed by atoms with Gasteiger partial charge in [0, 0.05) is 18.0 Å². The third kappa shape index (κ3) is 3.47. The average Bonchev–Trinajstić information content (AvgIpc) is 2.37. The molecule has 0 aliphatic rings. The van der Waals surface area contributed by atoms with E-state index in [1.165, 1.54) is 0 Å². The Morgan fingerprint density at radius 3 is 2.33 bits per heavy atom. The standard InChI is InChI=1S/C14H21NO3/c1-9(2)11(15)8-12(16)10-5-6-13(17-3)14(7-10)18-4/h5-7,9,11H,8,15H2,1-4H3. The van der Waals surface area contributed by atoms with Crippen LogP contribution in [0.5, 0.6) is 11.5 Å². The van der Waals surface area contributed by atoms with Crippen LogP contribution in [0, 0.1) is 5.92 Å². The molecule has 0 radical (unpaired) electrons. The maximum Gasteiger partial charge on any atom is 0.164 e. The van der Waals surface area contributed by atoms with Crippen molar-refractivity contribution in [3.05, 3.63) is 23.8 Å². The molecule has 0 aromatic heterocycles. The zero-order chi connectivity index (χ0) is 13.7. The lowest BCUT2D eigenvalue weighted by molar-refractivity contribution is 0.0967. The molecular weight excluding hydrogens is 230 g/mol. The van der Waals surface area contributed by atoms with Crippen molar-refractivity contribution in [1.82, 2.24) is 0 Å². The molecule has 0 heterocycles. The van der Waals surface area contributed by atoms with Gasteiger partial charge in [-0.2, -0.15) is 0 Å². The van der Waals surface area contributed by atoms with E-state index in [0.717, 1.165) is 0 Å². The fraction of sp³-hybridized carbons (Fsp3) is 0.500. The number of nitrogens with two attached hydrogens (primary N) is 1. The molecule has 0 spiro atoms. The molecule has 0 aliphatic heterocycles. The molecule has 0 bridgehead atoms. The quantitative estimate of drug-likeness (QED) is 0.788. The number of carbonyl (C=O) groups excluding carboxylic acids is 1. The van der Waals surface area contributed by atoms with Gasteiger partial charge < -0.3 is 15.2 Å². The van der Waals surface area contributed by atoms with Crippen LogP contribution in [0.15, 0.2) is 18.2 Å². The molecule has 1 aromatic carbocycles. The second kappa shape index (κ2) is 6.40. The Balaban J connectivity index is 2.87. The number of hydrogen-bond donors (Lipinski definition) is 1. The third-order valence-electron chi connectivity index (χ3n) is 2.98.